The Hall–Kier alpha value is -0.703. The van der Waals surface area contributed by atoms with Gasteiger partial charge in [-0.3, -0.25) is 0 Å². The van der Waals surface area contributed by atoms with E-state index < -0.39 is 0 Å². The molecule has 0 saturated heterocycles. The molecule has 6 N–H and O–H groups in total. The van der Waals surface area contributed by atoms with Crippen LogP contribution >= 0.6 is 11.8 Å². The molecule has 0 aliphatic heterocycles. The summed E-state index contributed by atoms with van der Waals surface area (Å²) in [5, 5.41) is 26.3. The van der Waals surface area contributed by atoms with Gasteiger partial charge in [0.2, 0.25) is 0 Å². The molecule has 0 amide bonds. The van der Waals surface area contributed by atoms with E-state index >= 15 is 0 Å². The zero-order chi connectivity index (χ0) is 31.6. The molecule has 2 aromatic carbocycles. The van der Waals surface area contributed by atoms with Crippen LogP contribution in [-0.4, -0.2) is 0 Å². The Kier molecular flexibility index (Phi) is 26.6. The van der Waals surface area contributed by atoms with Crippen molar-refractivity contribution in [3.63, 3.8) is 0 Å². The zero-order valence-corrected chi connectivity index (χ0v) is 31.8. The van der Waals surface area contributed by atoms with Crippen molar-refractivity contribution in [1.29, 1.82) is 0 Å². The molecule has 2 unspecified atom stereocenters. The molecule has 0 saturated carbocycles. The van der Waals surface area contributed by atoms with Crippen LogP contribution in [0.2, 0.25) is 10.8 Å². The third kappa shape index (κ3) is 19.4. The van der Waals surface area contributed by atoms with Crippen LogP contribution in [0.3, 0.4) is 0 Å². The Labute approximate surface area is 286 Å². The first-order valence-electron chi connectivity index (χ1n) is 15.5. The van der Waals surface area contributed by atoms with Crippen molar-refractivity contribution in [2.75, 3.05) is 0 Å². The SMILES string of the molecule is CC(C)(C)c1ccc([O-])c(Sc2cc(C(C)(C)C)ccc2[O-])c1.CCCCC(CC)[CH2][Ni+].CCCCC(CC)[CH2][Ni+].N.N. The van der Waals surface area contributed by atoms with E-state index in [1.54, 1.807) is 12.1 Å². The number of hydrogen-bond acceptors (Lipinski definition) is 5. The molecule has 0 heterocycles. The third-order valence-electron chi connectivity index (χ3n) is 7.29. The molecule has 0 aliphatic rings. The zero-order valence-electron chi connectivity index (χ0n) is 29.0. The molecule has 2 aromatic rings. The normalized spacial score (nSPS) is 12.4. The minimum Gasteiger partial charge on any atom is -0.344 e. The van der Waals surface area contributed by atoms with Crippen molar-refractivity contribution in [2.45, 2.75) is 152 Å². The Morgan fingerprint density at radius 2 is 0.953 bits per heavy atom. The second-order valence-electron chi connectivity index (χ2n) is 13.0. The van der Waals surface area contributed by atoms with Gasteiger partial charge in [0.1, 0.15) is 0 Å². The average Bonchev–Trinajstić information content (AvgIpc) is 2.92. The standard InChI is InChI=1S/C20H26O2S.2C8H17.2H3N.2Ni/c1-19(2,3)13-7-9-15(21)17(11-13)23-18-12-14(20(4,5)6)8-10-16(18)22;2*1-4-6-7-8(3)5-2;;;;/h7-12,21-22H,1-6H3;2*8H,3-7H2,1-2H3;2*1H3;;/q;;;;;2*+1/p-2. The molecule has 0 bridgehead atoms. The maximum absolute atomic E-state index is 12.2. The van der Waals surface area contributed by atoms with Crippen molar-refractivity contribution >= 4 is 11.8 Å². The monoisotopic (exact) mass is 704 g/mol. The van der Waals surface area contributed by atoms with Crippen molar-refractivity contribution in [1.82, 2.24) is 12.3 Å². The fourth-order valence-electron chi connectivity index (χ4n) is 3.93. The molecular formula is C36H64N2Ni2O2S. The van der Waals surface area contributed by atoms with E-state index in [1.807, 2.05) is 24.3 Å². The summed E-state index contributed by atoms with van der Waals surface area (Å²) in [6.07, 6.45) is 10.6. The summed E-state index contributed by atoms with van der Waals surface area (Å²) in [6, 6.07) is 10.8. The number of benzene rings is 2. The average molecular weight is 706 g/mol. The van der Waals surface area contributed by atoms with Gasteiger partial charge in [0, 0.05) is 9.79 Å². The van der Waals surface area contributed by atoms with Gasteiger partial charge in [-0.2, -0.15) is 0 Å². The fourth-order valence-corrected chi connectivity index (χ4v) is 5.85. The Balaban J connectivity index is -0.000000668. The van der Waals surface area contributed by atoms with Gasteiger partial charge in [-0.25, -0.2) is 0 Å². The van der Waals surface area contributed by atoms with Gasteiger partial charge >= 0.3 is 133 Å². The second kappa shape index (κ2) is 24.5. The van der Waals surface area contributed by atoms with E-state index in [1.165, 1.54) is 63.1 Å². The molecule has 0 fully saturated rings. The minimum atomic E-state index is -0.0384. The van der Waals surface area contributed by atoms with Crippen LogP contribution in [0.1, 0.15) is 132 Å². The largest absolute Gasteiger partial charge is 0.344 e. The first-order chi connectivity index (χ1) is 19.2. The molecule has 7 heteroatoms. The minimum absolute atomic E-state index is 0. The van der Waals surface area contributed by atoms with Crippen molar-refractivity contribution in [3.05, 3.63) is 47.5 Å². The van der Waals surface area contributed by atoms with E-state index in [0.29, 0.717) is 9.79 Å². The van der Waals surface area contributed by atoms with E-state index in [9.17, 15) is 10.2 Å². The van der Waals surface area contributed by atoms with Gasteiger partial charge in [0.15, 0.2) is 0 Å². The maximum Gasteiger partial charge on any atom is -0.344 e. The van der Waals surface area contributed by atoms with Crippen LogP contribution in [0.4, 0.5) is 0 Å². The van der Waals surface area contributed by atoms with Gasteiger partial charge in [0.25, 0.3) is 0 Å². The molecule has 2 atom stereocenters. The maximum atomic E-state index is 12.2. The summed E-state index contributed by atoms with van der Waals surface area (Å²) < 4.78 is 0. The van der Waals surface area contributed by atoms with E-state index in [0.717, 1.165) is 33.7 Å². The van der Waals surface area contributed by atoms with Gasteiger partial charge in [-0.1, -0.05) is 89.1 Å². The summed E-state index contributed by atoms with van der Waals surface area (Å²) in [5.41, 5.74) is 2.13. The van der Waals surface area contributed by atoms with Crippen molar-refractivity contribution in [2.24, 2.45) is 11.8 Å². The Morgan fingerprint density at radius 3 is 1.19 bits per heavy atom. The number of rotatable bonds is 12. The van der Waals surface area contributed by atoms with Gasteiger partial charge in [0.05, 0.1) is 0 Å². The first-order valence-corrected chi connectivity index (χ1v) is 17.7. The molecule has 0 radical (unpaired) electrons. The first kappa shape index (κ1) is 46.7. The van der Waals surface area contributed by atoms with Gasteiger partial charge in [-0.15, -0.1) is 0 Å². The third-order valence-corrected chi connectivity index (χ3v) is 9.51. The van der Waals surface area contributed by atoms with E-state index in [4.69, 9.17) is 30.9 Å². The molecular weight excluding hydrogens is 642 g/mol. The molecule has 256 valence electrons. The molecule has 2 rings (SSSR count). The summed E-state index contributed by atoms with van der Waals surface area (Å²) in [5.74, 6) is 1.60. The van der Waals surface area contributed by atoms with Crippen LogP contribution in [0.5, 0.6) is 11.5 Å². The summed E-state index contributed by atoms with van der Waals surface area (Å²) >= 11 is 10.7. The predicted molar refractivity (Wildman–Crippen MR) is 180 cm³/mol. The van der Waals surface area contributed by atoms with Gasteiger partial charge in [-0.05, 0) is 34.1 Å². The van der Waals surface area contributed by atoms with Crippen molar-refractivity contribution < 1.29 is 41.1 Å². The molecule has 0 spiro atoms. The summed E-state index contributed by atoms with van der Waals surface area (Å²) in [6.45, 7) is 21.6. The van der Waals surface area contributed by atoms with Crippen molar-refractivity contribution in [3.8, 4) is 11.5 Å². The van der Waals surface area contributed by atoms with Gasteiger partial charge < -0.3 is 22.5 Å². The van der Waals surface area contributed by atoms with Crippen LogP contribution in [0.25, 0.3) is 0 Å². The Morgan fingerprint density at radius 1 is 0.628 bits per heavy atom. The van der Waals surface area contributed by atoms with Crippen LogP contribution < -0.4 is 22.5 Å². The van der Waals surface area contributed by atoms with Crippen LogP contribution in [-0.2, 0) is 41.8 Å². The molecule has 0 aromatic heterocycles. The second-order valence-corrected chi connectivity index (χ2v) is 14.9. The van der Waals surface area contributed by atoms with Crippen LogP contribution in [0.15, 0.2) is 46.2 Å². The molecule has 0 aliphatic carbocycles. The summed E-state index contributed by atoms with van der Waals surface area (Å²) in [7, 11) is 0. The summed E-state index contributed by atoms with van der Waals surface area (Å²) in [4.78, 5) is 1.22. The molecule has 43 heavy (non-hydrogen) atoms. The van der Waals surface area contributed by atoms with E-state index in [2.05, 4.69) is 69.2 Å². The van der Waals surface area contributed by atoms with E-state index in [-0.39, 0.29) is 34.6 Å². The smallest absolute Gasteiger partial charge is 0.344 e. The molecule has 4 nitrogen and oxygen atoms in total. The topological polar surface area (TPSA) is 116 Å². The number of hydrogen-bond donors (Lipinski definition) is 2. The van der Waals surface area contributed by atoms with Crippen LogP contribution in [0, 0.1) is 11.8 Å². The predicted octanol–water partition coefficient (Wildman–Crippen LogP) is 11.2. The quantitative estimate of drug-likeness (QED) is 0.213. The Bertz CT molecular complexity index is 889. The fraction of sp³-hybridized carbons (Fsp3) is 0.667. The number of unbranched alkanes of at least 4 members (excludes halogenated alkanes) is 2.